The molecule has 6 heteroatoms. The van der Waals surface area contributed by atoms with E-state index in [-0.39, 0.29) is 0 Å². The maximum atomic E-state index is 12.3. The van der Waals surface area contributed by atoms with Crippen molar-refractivity contribution in [3.05, 3.63) is 0 Å². The fourth-order valence-corrected chi connectivity index (χ4v) is 2.38. The van der Waals surface area contributed by atoms with Crippen molar-refractivity contribution in [3.63, 3.8) is 0 Å². The van der Waals surface area contributed by atoms with Gasteiger partial charge in [0, 0.05) is 6.04 Å². The third-order valence-corrected chi connectivity index (χ3v) is 3.01. The molecule has 3 nitrogen and oxygen atoms in total. The number of likely N-dealkylation sites (tertiary alicyclic amines) is 1. The molecule has 2 atom stereocenters. The van der Waals surface area contributed by atoms with Gasteiger partial charge in [0.25, 0.3) is 0 Å². The van der Waals surface area contributed by atoms with Gasteiger partial charge in [0.15, 0.2) is 0 Å². The number of carboxylic acids is 1. The Labute approximate surface area is 92.2 Å². The minimum Gasteiger partial charge on any atom is -0.481 e. The Hall–Kier alpha value is -0.780. The molecule has 1 rings (SSSR count). The van der Waals surface area contributed by atoms with Crippen LogP contribution in [0.15, 0.2) is 0 Å². The number of halogens is 3. The normalized spacial score (nSPS) is 28.0. The highest BCUT2D eigenvalue weighted by Gasteiger charge is 2.40. The van der Waals surface area contributed by atoms with Crippen LogP contribution in [0.4, 0.5) is 13.2 Å². The first-order valence-electron chi connectivity index (χ1n) is 5.38. The van der Waals surface area contributed by atoms with Crippen molar-refractivity contribution in [1.29, 1.82) is 0 Å². The summed E-state index contributed by atoms with van der Waals surface area (Å²) in [6.45, 7) is 1.06. The molecule has 0 spiro atoms. The fourth-order valence-electron chi connectivity index (χ4n) is 2.38. The Bertz CT molecular complexity index is 255. The molecule has 1 aliphatic heterocycles. The number of aliphatic carboxylic acids is 1. The molecule has 1 fully saturated rings. The Morgan fingerprint density at radius 3 is 2.56 bits per heavy atom. The largest absolute Gasteiger partial charge is 0.481 e. The van der Waals surface area contributed by atoms with Crippen molar-refractivity contribution in [2.24, 2.45) is 5.92 Å². The molecule has 94 valence electrons. The predicted octanol–water partition coefficient (Wildman–Crippen LogP) is 2.12. The van der Waals surface area contributed by atoms with Crippen molar-refractivity contribution >= 4 is 5.97 Å². The van der Waals surface area contributed by atoms with Crippen LogP contribution in [0.25, 0.3) is 0 Å². The molecule has 1 aliphatic rings. The minimum atomic E-state index is -4.26. The summed E-state index contributed by atoms with van der Waals surface area (Å²) < 4.78 is 36.9. The third kappa shape index (κ3) is 3.37. The maximum Gasteiger partial charge on any atom is 0.401 e. The second-order valence-electron chi connectivity index (χ2n) is 4.15. The molecule has 16 heavy (non-hydrogen) atoms. The van der Waals surface area contributed by atoms with Crippen LogP contribution in [0, 0.1) is 5.92 Å². The van der Waals surface area contributed by atoms with Crippen molar-refractivity contribution in [3.8, 4) is 0 Å². The van der Waals surface area contributed by atoms with Gasteiger partial charge in [0.1, 0.15) is 0 Å². The number of alkyl halides is 3. The second-order valence-corrected chi connectivity index (χ2v) is 4.15. The topological polar surface area (TPSA) is 40.5 Å². The molecule has 0 aliphatic carbocycles. The smallest absolute Gasteiger partial charge is 0.401 e. The molecular formula is C10H16F3NO2. The van der Waals surface area contributed by atoms with Crippen LogP contribution in [-0.4, -0.2) is 41.3 Å². The van der Waals surface area contributed by atoms with Crippen LogP contribution in [0.3, 0.4) is 0 Å². The Balaban J connectivity index is 2.72. The lowest BCUT2D eigenvalue weighted by Crippen LogP contribution is -2.50. The number of carbonyl (C=O) groups is 1. The summed E-state index contributed by atoms with van der Waals surface area (Å²) >= 11 is 0. The van der Waals surface area contributed by atoms with Crippen LogP contribution in [0.5, 0.6) is 0 Å². The molecule has 0 aromatic carbocycles. The lowest BCUT2D eigenvalue weighted by molar-refractivity contribution is -0.165. The van der Waals surface area contributed by atoms with E-state index in [1.54, 1.807) is 6.92 Å². The average molecular weight is 239 g/mol. The first-order chi connectivity index (χ1) is 7.35. The Kier molecular flexibility index (Phi) is 4.18. The van der Waals surface area contributed by atoms with Crippen LogP contribution in [-0.2, 0) is 4.79 Å². The summed E-state index contributed by atoms with van der Waals surface area (Å²) in [7, 11) is 0. The van der Waals surface area contributed by atoms with Gasteiger partial charge in [-0.25, -0.2) is 0 Å². The van der Waals surface area contributed by atoms with E-state index in [1.807, 2.05) is 0 Å². The molecule has 0 aromatic rings. The van der Waals surface area contributed by atoms with Crippen LogP contribution >= 0.6 is 0 Å². The number of hydrogen-bond acceptors (Lipinski definition) is 2. The standard InChI is InChI=1S/C10H16F3NO2/c1-2-8-7(9(15)16)4-3-5-14(8)6-10(11,12)13/h7-8H,2-6H2,1H3,(H,15,16)/t7-,8+/m0/s1. The van der Waals surface area contributed by atoms with E-state index in [2.05, 4.69) is 0 Å². The van der Waals surface area contributed by atoms with E-state index < -0.39 is 30.7 Å². The lowest BCUT2D eigenvalue weighted by atomic mass is 9.87. The van der Waals surface area contributed by atoms with E-state index in [0.717, 1.165) is 0 Å². The fraction of sp³-hybridized carbons (Fsp3) is 0.900. The quantitative estimate of drug-likeness (QED) is 0.820. The van der Waals surface area contributed by atoms with Crippen LogP contribution in [0.1, 0.15) is 26.2 Å². The second kappa shape index (κ2) is 5.03. The number of carboxylic acid groups (broad SMARTS) is 1. The Morgan fingerprint density at radius 1 is 1.50 bits per heavy atom. The summed E-state index contributed by atoms with van der Waals surface area (Å²) in [4.78, 5) is 12.2. The summed E-state index contributed by atoms with van der Waals surface area (Å²) in [5.74, 6) is -1.65. The molecular weight excluding hydrogens is 223 g/mol. The minimum absolute atomic E-state index is 0.335. The summed E-state index contributed by atoms with van der Waals surface area (Å²) in [5.41, 5.74) is 0. The molecule has 0 unspecified atom stereocenters. The zero-order chi connectivity index (χ0) is 12.3. The number of hydrogen-bond donors (Lipinski definition) is 1. The SMILES string of the molecule is CC[C@@H]1[C@@H](C(=O)O)CCCN1CC(F)(F)F. The van der Waals surface area contributed by atoms with Gasteiger partial charge in [-0.2, -0.15) is 13.2 Å². The van der Waals surface area contributed by atoms with E-state index >= 15 is 0 Å². The first-order valence-corrected chi connectivity index (χ1v) is 5.38. The summed E-state index contributed by atoms with van der Waals surface area (Å²) in [6, 6.07) is -0.493. The Morgan fingerprint density at radius 2 is 2.12 bits per heavy atom. The average Bonchev–Trinajstić information content (AvgIpc) is 2.14. The van der Waals surface area contributed by atoms with Gasteiger partial charge in [-0.15, -0.1) is 0 Å². The maximum absolute atomic E-state index is 12.3. The molecule has 1 N–H and O–H groups in total. The number of rotatable bonds is 3. The zero-order valence-electron chi connectivity index (χ0n) is 9.13. The van der Waals surface area contributed by atoms with E-state index in [9.17, 15) is 18.0 Å². The first kappa shape index (κ1) is 13.3. The van der Waals surface area contributed by atoms with Crippen LogP contribution < -0.4 is 0 Å². The molecule has 0 bridgehead atoms. The molecule has 1 saturated heterocycles. The number of piperidine rings is 1. The van der Waals surface area contributed by atoms with Gasteiger partial charge in [-0.3, -0.25) is 9.69 Å². The summed E-state index contributed by atoms with van der Waals surface area (Å²) in [5, 5.41) is 8.95. The third-order valence-electron chi connectivity index (χ3n) is 3.01. The highest BCUT2D eigenvalue weighted by atomic mass is 19.4. The van der Waals surface area contributed by atoms with Crippen LogP contribution in [0.2, 0.25) is 0 Å². The van der Waals surface area contributed by atoms with E-state index in [1.165, 1.54) is 4.90 Å². The van der Waals surface area contributed by atoms with Crippen molar-refractivity contribution in [2.45, 2.75) is 38.4 Å². The summed E-state index contributed by atoms with van der Waals surface area (Å²) in [6.07, 6.45) is -2.83. The lowest BCUT2D eigenvalue weighted by Gasteiger charge is -2.39. The molecule has 0 saturated carbocycles. The predicted molar refractivity (Wildman–Crippen MR) is 52.1 cm³/mol. The van der Waals surface area contributed by atoms with E-state index in [0.29, 0.717) is 25.8 Å². The van der Waals surface area contributed by atoms with Gasteiger partial charge in [-0.1, -0.05) is 6.92 Å². The van der Waals surface area contributed by atoms with Gasteiger partial charge in [-0.05, 0) is 25.8 Å². The molecule has 0 amide bonds. The zero-order valence-corrected chi connectivity index (χ0v) is 9.13. The van der Waals surface area contributed by atoms with Gasteiger partial charge in [0.2, 0.25) is 0 Å². The van der Waals surface area contributed by atoms with Crippen molar-refractivity contribution in [1.82, 2.24) is 4.90 Å². The highest BCUT2D eigenvalue weighted by molar-refractivity contribution is 5.71. The molecule has 0 radical (unpaired) electrons. The number of nitrogens with zero attached hydrogens (tertiary/aromatic N) is 1. The van der Waals surface area contributed by atoms with Crippen molar-refractivity contribution in [2.75, 3.05) is 13.1 Å². The van der Waals surface area contributed by atoms with Gasteiger partial charge in [0.05, 0.1) is 12.5 Å². The van der Waals surface area contributed by atoms with Gasteiger partial charge >= 0.3 is 12.1 Å². The van der Waals surface area contributed by atoms with E-state index in [4.69, 9.17) is 5.11 Å². The molecule has 0 aromatic heterocycles. The van der Waals surface area contributed by atoms with Crippen molar-refractivity contribution < 1.29 is 23.1 Å². The van der Waals surface area contributed by atoms with Gasteiger partial charge < -0.3 is 5.11 Å². The monoisotopic (exact) mass is 239 g/mol. The molecule has 1 heterocycles. The highest BCUT2D eigenvalue weighted by Crippen LogP contribution is 2.29.